The first-order valence-electron chi connectivity index (χ1n) is 6.07. The summed E-state index contributed by atoms with van der Waals surface area (Å²) in [5.41, 5.74) is 1.08. The molecule has 0 aliphatic rings. The van der Waals surface area contributed by atoms with Crippen molar-refractivity contribution < 1.29 is 14.6 Å². The molecule has 0 unspecified atom stereocenters. The molecule has 0 heterocycles. The van der Waals surface area contributed by atoms with E-state index in [2.05, 4.69) is 0 Å². The van der Waals surface area contributed by atoms with Gasteiger partial charge in [-0.1, -0.05) is 12.1 Å². The summed E-state index contributed by atoms with van der Waals surface area (Å²) >= 11 is 0. The van der Waals surface area contributed by atoms with Crippen LogP contribution in [-0.2, 0) is 11.3 Å². The Kier molecular flexibility index (Phi) is 4.73. The van der Waals surface area contributed by atoms with Crippen LogP contribution >= 0.6 is 0 Å². The lowest BCUT2D eigenvalue weighted by molar-refractivity contribution is 0.0582. The van der Waals surface area contributed by atoms with Gasteiger partial charge in [-0.15, -0.1) is 0 Å². The van der Waals surface area contributed by atoms with Crippen LogP contribution < -0.4 is 4.90 Å². The Morgan fingerprint density at radius 2 is 1.83 bits per heavy atom. The summed E-state index contributed by atoms with van der Waals surface area (Å²) in [6.45, 7) is 7.95. The number of carbonyl (C=O) groups excluding carboxylic acids is 1. The molecule has 1 aromatic carbocycles. The highest BCUT2D eigenvalue weighted by Crippen LogP contribution is 2.18. The number of carbonyl (C=O) groups is 1. The minimum absolute atomic E-state index is 0.00115. The smallest absolute Gasteiger partial charge is 0.414 e. The predicted molar refractivity (Wildman–Crippen MR) is 71.6 cm³/mol. The van der Waals surface area contributed by atoms with Crippen LogP contribution in [0.3, 0.4) is 0 Å². The van der Waals surface area contributed by atoms with Crippen LogP contribution in [0.1, 0.15) is 33.3 Å². The molecule has 1 rings (SSSR count). The zero-order valence-corrected chi connectivity index (χ0v) is 11.4. The second kappa shape index (κ2) is 5.87. The molecule has 0 saturated heterocycles. The Morgan fingerprint density at radius 3 is 2.22 bits per heavy atom. The molecule has 4 heteroatoms. The van der Waals surface area contributed by atoms with Gasteiger partial charge >= 0.3 is 6.09 Å². The van der Waals surface area contributed by atoms with E-state index >= 15 is 0 Å². The van der Waals surface area contributed by atoms with Crippen molar-refractivity contribution in [2.45, 2.75) is 39.9 Å². The van der Waals surface area contributed by atoms with Crippen LogP contribution in [-0.4, -0.2) is 23.3 Å². The second-order valence-electron chi connectivity index (χ2n) is 5.05. The van der Waals surface area contributed by atoms with Crippen molar-refractivity contribution in [3.63, 3.8) is 0 Å². The van der Waals surface area contributed by atoms with Gasteiger partial charge in [0.2, 0.25) is 0 Å². The molecule has 0 fully saturated rings. The van der Waals surface area contributed by atoms with Gasteiger partial charge in [0.1, 0.15) is 5.60 Å². The van der Waals surface area contributed by atoms with Gasteiger partial charge in [0.15, 0.2) is 0 Å². The number of amides is 1. The molecule has 0 aliphatic heterocycles. The van der Waals surface area contributed by atoms with Crippen molar-refractivity contribution in [3.05, 3.63) is 29.8 Å². The average Bonchev–Trinajstić information content (AvgIpc) is 2.28. The number of ether oxygens (including phenoxy) is 1. The molecule has 0 atom stereocenters. The van der Waals surface area contributed by atoms with E-state index in [0.29, 0.717) is 6.54 Å². The lowest BCUT2D eigenvalue weighted by Crippen LogP contribution is -2.36. The molecule has 0 spiro atoms. The number of nitrogens with zero attached hydrogens (tertiary/aromatic N) is 1. The number of hydrogen-bond acceptors (Lipinski definition) is 3. The number of hydrogen-bond donors (Lipinski definition) is 1. The molecule has 1 N–H and O–H groups in total. The van der Waals surface area contributed by atoms with Gasteiger partial charge < -0.3 is 9.84 Å². The molecule has 0 aliphatic carbocycles. The summed E-state index contributed by atoms with van der Waals surface area (Å²) in [7, 11) is 0. The number of anilines is 1. The van der Waals surface area contributed by atoms with E-state index in [4.69, 9.17) is 9.84 Å². The van der Waals surface area contributed by atoms with Gasteiger partial charge in [-0.25, -0.2) is 4.79 Å². The normalized spacial score (nSPS) is 11.2. The molecule has 0 bridgehead atoms. The molecule has 0 aromatic heterocycles. The maximum atomic E-state index is 12.0. The van der Waals surface area contributed by atoms with Crippen LogP contribution in [0.15, 0.2) is 24.3 Å². The van der Waals surface area contributed by atoms with Gasteiger partial charge in [-0.2, -0.15) is 0 Å². The van der Waals surface area contributed by atoms with E-state index in [1.54, 1.807) is 29.2 Å². The van der Waals surface area contributed by atoms with Crippen LogP contribution in [0.4, 0.5) is 10.5 Å². The summed E-state index contributed by atoms with van der Waals surface area (Å²) in [6.07, 6.45) is -0.359. The second-order valence-corrected chi connectivity index (χ2v) is 5.05. The Morgan fingerprint density at radius 1 is 1.28 bits per heavy atom. The summed E-state index contributed by atoms with van der Waals surface area (Å²) < 4.78 is 5.34. The zero-order valence-electron chi connectivity index (χ0n) is 11.4. The number of benzene rings is 1. The number of aliphatic hydroxyl groups excluding tert-OH is 1. The molecular formula is C14H21NO3. The Labute approximate surface area is 108 Å². The van der Waals surface area contributed by atoms with Crippen LogP contribution in [0.5, 0.6) is 0 Å². The third kappa shape index (κ3) is 4.04. The molecule has 1 aromatic rings. The Balaban J connectivity index is 2.85. The lowest BCUT2D eigenvalue weighted by Gasteiger charge is -2.26. The maximum Gasteiger partial charge on any atom is 0.414 e. The Hall–Kier alpha value is -1.55. The molecule has 100 valence electrons. The van der Waals surface area contributed by atoms with E-state index in [1.165, 1.54) is 0 Å². The third-order valence-electron chi connectivity index (χ3n) is 2.36. The fourth-order valence-corrected chi connectivity index (χ4v) is 1.52. The predicted octanol–water partition coefficient (Wildman–Crippen LogP) is 2.94. The van der Waals surface area contributed by atoms with E-state index in [1.807, 2.05) is 27.7 Å². The molecular weight excluding hydrogens is 230 g/mol. The summed E-state index contributed by atoms with van der Waals surface area (Å²) in [5.74, 6) is 0. The standard InChI is InChI=1S/C14H21NO3/c1-5-15(13(17)18-14(2,3)4)12-8-6-11(10-16)7-9-12/h6-9,16H,5,10H2,1-4H3. The zero-order chi connectivity index (χ0) is 13.8. The number of rotatable bonds is 3. The van der Waals surface area contributed by atoms with Gasteiger partial charge in [-0.05, 0) is 45.4 Å². The quantitative estimate of drug-likeness (QED) is 0.898. The highest BCUT2D eigenvalue weighted by atomic mass is 16.6. The van der Waals surface area contributed by atoms with Crippen LogP contribution in [0.25, 0.3) is 0 Å². The first kappa shape index (κ1) is 14.5. The monoisotopic (exact) mass is 251 g/mol. The molecule has 1 amide bonds. The van der Waals surface area contributed by atoms with E-state index in [-0.39, 0.29) is 12.7 Å². The molecule has 18 heavy (non-hydrogen) atoms. The lowest BCUT2D eigenvalue weighted by atomic mass is 10.2. The first-order valence-corrected chi connectivity index (χ1v) is 6.07. The fraction of sp³-hybridized carbons (Fsp3) is 0.500. The van der Waals surface area contributed by atoms with Crippen LogP contribution in [0.2, 0.25) is 0 Å². The summed E-state index contributed by atoms with van der Waals surface area (Å²) in [6, 6.07) is 7.20. The van der Waals surface area contributed by atoms with Gasteiger partial charge in [0.25, 0.3) is 0 Å². The van der Waals surface area contributed by atoms with Crippen molar-refractivity contribution >= 4 is 11.8 Å². The minimum atomic E-state index is -0.504. The highest BCUT2D eigenvalue weighted by Gasteiger charge is 2.22. The van der Waals surface area contributed by atoms with Gasteiger partial charge in [0.05, 0.1) is 6.61 Å². The van der Waals surface area contributed by atoms with Crippen molar-refractivity contribution in [1.29, 1.82) is 0 Å². The topological polar surface area (TPSA) is 49.8 Å². The Bertz CT molecular complexity index is 392. The summed E-state index contributed by atoms with van der Waals surface area (Å²) in [4.78, 5) is 13.6. The summed E-state index contributed by atoms with van der Waals surface area (Å²) in [5, 5.41) is 8.98. The maximum absolute atomic E-state index is 12.0. The largest absolute Gasteiger partial charge is 0.443 e. The van der Waals surface area contributed by atoms with E-state index < -0.39 is 5.60 Å². The van der Waals surface area contributed by atoms with Crippen molar-refractivity contribution in [2.75, 3.05) is 11.4 Å². The van der Waals surface area contributed by atoms with Crippen LogP contribution in [0, 0.1) is 0 Å². The SMILES string of the molecule is CCN(C(=O)OC(C)(C)C)c1ccc(CO)cc1. The highest BCUT2D eigenvalue weighted by molar-refractivity contribution is 5.87. The van der Waals surface area contributed by atoms with Crippen molar-refractivity contribution in [1.82, 2.24) is 0 Å². The molecule has 4 nitrogen and oxygen atoms in total. The van der Waals surface area contributed by atoms with Gasteiger partial charge in [0, 0.05) is 12.2 Å². The van der Waals surface area contributed by atoms with E-state index in [9.17, 15) is 4.79 Å². The number of aliphatic hydroxyl groups is 1. The molecule has 0 saturated carbocycles. The first-order chi connectivity index (χ1) is 8.37. The van der Waals surface area contributed by atoms with E-state index in [0.717, 1.165) is 11.3 Å². The van der Waals surface area contributed by atoms with Crippen molar-refractivity contribution in [3.8, 4) is 0 Å². The third-order valence-corrected chi connectivity index (χ3v) is 2.36. The minimum Gasteiger partial charge on any atom is -0.443 e. The molecule has 0 radical (unpaired) electrons. The van der Waals surface area contributed by atoms with Crippen molar-refractivity contribution in [2.24, 2.45) is 0 Å². The van der Waals surface area contributed by atoms with Gasteiger partial charge in [-0.3, -0.25) is 4.90 Å². The average molecular weight is 251 g/mol. The fourth-order valence-electron chi connectivity index (χ4n) is 1.52.